The van der Waals surface area contributed by atoms with E-state index in [4.69, 9.17) is 9.84 Å². The number of carbonyl (C=O) groups is 3. The zero-order valence-corrected chi connectivity index (χ0v) is 20.7. The minimum atomic E-state index is -4.82. The number of rotatable bonds is 10. The van der Waals surface area contributed by atoms with Gasteiger partial charge in [-0.2, -0.15) is 0 Å². The molecule has 8 nitrogen and oxygen atoms in total. The van der Waals surface area contributed by atoms with Crippen LogP contribution >= 0.6 is 0 Å². The Bertz CT molecular complexity index is 1110. The van der Waals surface area contributed by atoms with Gasteiger partial charge in [0, 0.05) is 0 Å². The number of alkyl halides is 3. The first-order valence-corrected chi connectivity index (χ1v) is 12.0. The van der Waals surface area contributed by atoms with Gasteiger partial charge in [0.15, 0.2) is 6.23 Å². The minimum absolute atomic E-state index is 0.0675. The number of benzene rings is 2. The summed E-state index contributed by atoms with van der Waals surface area (Å²) < 4.78 is 47.4. The van der Waals surface area contributed by atoms with Gasteiger partial charge in [0.2, 0.25) is 5.91 Å². The second-order valence-corrected chi connectivity index (χ2v) is 8.75. The molecule has 0 spiro atoms. The van der Waals surface area contributed by atoms with Gasteiger partial charge in [0.05, 0.1) is 11.6 Å². The quantitative estimate of drug-likeness (QED) is 0.377. The van der Waals surface area contributed by atoms with E-state index in [-0.39, 0.29) is 11.3 Å². The van der Waals surface area contributed by atoms with E-state index >= 15 is 0 Å². The highest BCUT2D eigenvalue weighted by Crippen LogP contribution is 2.46. The fourth-order valence-corrected chi connectivity index (χ4v) is 4.44. The summed E-state index contributed by atoms with van der Waals surface area (Å²) in [5.41, 5.74) is -0.311. The zero-order valence-electron chi connectivity index (χ0n) is 20.7. The van der Waals surface area contributed by atoms with Crippen LogP contribution in [0.2, 0.25) is 0 Å². The lowest BCUT2D eigenvalue weighted by Crippen LogP contribution is -2.73. The predicted octanol–water partition coefficient (Wildman–Crippen LogP) is 5.89. The molecule has 0 radical (unpaired) electrons. The molecule has 0 aromatic heterocycles. The van der Waals surface area contributed by atoms with Crippen molar-refractivity contribution < 1.29 is 42.1 Å². The van der Waals surface area contributed by atoms with Crippen LogP contribution in [0, 0.1) is 5.41 Å². The fraction of sp³-hybridized carbons (Fsp3) is 0.423. The highest BCUT2D eigenvalue weighted by molar-refractivity contribution is 6.03. The highest BCUT2D eigenvalue weighted by atomic mass is 19.4. The number of hydrogen-bond acceptors (Lipinski definition) is 5. The van der Waals surface area contributed by atoms with Crippen molar-refractivity contribution in [1.29, 1.82) is 0 Å². The maximum Gasteiger partial charge on any atom is 0.573 e. The van der Waals surface area contributed by atoms with Crippen LogP contribution in [0.15, 0.2) is 48.5 Å². The Morgan fingerprint density at radius 2 is 1.59 bits per heavy atom. The molecule has 0 aliphatic carbocycles. The summed E-state index contributed by atoms with van der Waals surface area (Å²) in [5, 5.41) is 11.9. The molecule has 37 heavy (non-hydrogen) atoms. The van der Waals surface area contributed by atoms with Crippen molar-refractivity contribution in [3.05, 3.63) is 59.7 Å². The van der Waals surface area contributed by atoms with Crippen LogP contribution in [-0.4, -0.2) is 40.5 Å². The first kappa shape index (κ1) is 27.8. The number of likely N-dealkylation sites (tertiary alicyclic amines) is 1. The van der Waals surface area contributed by atoms with Gasteiger partial charge in [-0.1, -0.05) is 39.3 Å². The molecule has 1 fully saturated rings. The average molecular weight is 523 g/mol. The highest BCUT2D eigenvalue weighted by Gasteiger charge is 2.63. The monoisotopic (exact) mass is 522 g/mol. The second kappa shape index (κ2) is 11.1. The Morgan fingerprint density at radius 1 is 1.03 bits per heavy atom. The number of halogens is 3. The number of carboxylic acids is 1. The van der Waals surface area contributed by atoms with E-state index in [1.54, 1.807) is 0 Å². The van der Waals surface area contributed by atoms with Crippen molar-refractivity contribution in [3.63, 3.8) is 0 Å². The van der Waals surface area contributed by atoms with Gasteiger partial charge in [-0.25, -0.2) is 14.5 Å². The number of hydrogen-bond donors (Lipinski definition) is 2. The summed E-state index contributed by atoms with van der Waals surface area (Å²) in [6.07, 6.45) is -3.77. The number of nitrogens with zero attached hydrogens (tertiary/aromatic N) is 1. The van der Waals surface area contributed by atoms with Gasteiger partial charge >= 0.3 is 18.4 Å². The van der Waals surface area contributed by atoms with Gasteiger partial charge in [-0.3, -0.25) is 4.79 Å². The van der Waals surface area contributed by atoms with E-state index in [1.165, 1.54) is 36.4 Å². The number of carbonyl (C=O) groups excluding carboxylic acids is 2. The summed E-state index contributed by atoms with van der Waals surface area (Å²) in [7, 11) is 0. The third-order valence-corrected chi connectivity index (χ3v) is 6.57. The Kier molecular flexibility index (Phi) is 8.35. The van der Waals surface area contributed by atoms with Crippen LogP contribution in [0.4, 0.5) is 18.0 Å². The van der Waals surface area contributed by atoms with Gasteiger partial charge in [-0.05, 0) is 61.2 Å². The smallest absolute Gasteiger partial charge is 0.478 e. The molecule has 2 aromatic rings. The first-order valence-electron chi connectivity index (χ1n) is 12.0. The summed E-state index contributed by atoms with van der Waals surface area (Å²) in [6.45, 7) is 5.54. The largest absolute Gasteiger partial charge is 0.573 e. The van der Waals surface area contributed by atoms with Crippen molar-refractivity contribution >= 4 is 17.9 Å². The zero-order chi connectivity index (χ0) is 27.4. The number of nitrogens with one attached hydrogen (secondary N) is 1. The molecule has 200 valence electrons. The number of imide groups is 1. The Labute approximate surface area is 212 Å². The minimum Gasteiger partial charge on any atom is -0.478 e. The number of carboxylic acid groups (broad SMARTS) is 1. The average Bonchev–Trinajstić information content (AvgIpc) is 2.84. The maximum atomic E-state index is 13.3. The Hall–Kier alpha value is -3.76. The van der Waals surface area contributed by atoms with E-state index in [1.807, 2.05) is 20.8 Å². The number of aromatic carboxylic acids is 1. The van der Waals surface area contributed by atoms with Gasteiger partial charge in [-0.15, -0.1) is 13.2 Å². The number of amides is 3. The van der Waals surface area contributed by atoms with Gasteiger partial charge in [0.25, 0.3) is 0 Å². The molecule has 3 amide bonds. The van der Waals surface area contributed by atoms with Gasteiger partial charge < -0.3 is 19.9 Å². The van der Waals surface area contributed by atoms with Crippen molar-refractivity contribution in [1.82, 2.24) is 10.2 Å². The van der Waals surface area contributed by atoms with Crippen molar-refractivity contribution in [2.45, 2.75) is 65.1 Å². The van der Waals surface area contributed by atoms with Crippen LogP contribution in [0.3, 0.4) is 0 Å². The maximum absolute atomic E-state index is 13.3. The molecule has 11 heteroatoms. The molecule has 2 atom stereocenters. The van der Waals surface area contributed by atoms with Crippen molar-refractivity contribution in [2.75, 3.05) is 0 Å². The summed E-state index contributed by atoms with van der Waals surface area (Å²) in [4.78, 5) is 38.6. The Morgan fingerprint density at radius 3 is 2.08 bits per heavy atom. The van der Waals surface area contributed by atoms with E-state index in [2.05, 4.69) is 10.1 Å². The standard InChI is InChI=1S/C26H29F3N2O6/c1-4-7-20(16-8-14-19(15-9-16)37-26(27,28)29)30-24(35)31-22(34)25(5-2,6-3)23(31)36-18-12-10-17(11-13-18)21(32)33/h8-15,20,23H,4-7H2,1-3H3,(H,30,35)(H,32,33)/t20-,23?/m1/s1. The molecule has 1 saturated heterocycles. The molecule has 0 bridgehead atoms. The van der Waals surface area contributed by atoms with Crippen molar-refractivity contribution in [3.8, 4) is 11.5 Å². The van der Waals surface area contributed by atoms with E-state index in [9.17, 15) is 27.6 Å². The summed E-state index contributed by atoms with van der Waals surface area (Å²) in [6, 6.07) is 9.59. The summed E-state index contributed by atoms with van der Waals surface area (Å²) in [5.74, 6) is -1.57. The molecular weight excluding hydrogens is 493 g/mol. The molecular formula is C26H29F3N2O6. The summed E-state index contributed by atoms with van der Waals surface area (Å²) >= 11 is 0. The SMILES string of the molecule is CCC[C@@H](NC(=O)N1C(=O)C(CC)(CC)C1Oc1ccc(C(=O)O)cc1)c1ccc(OC(F)(F)F)cc1. The topological polar surface area (TPSA) is 105 Å². The third kappa shape index (κ3) is 5.98. The molecule has 2 aromatic carbocycles. The van der Waals surface area contributed by atoms with E-state index in [0.29, 0.717) is 37.0 Å². The first-order chi connectivity index (χ1) is 17.5. The molecule has 1 aliphatic heterocycles. The molecule has 1 heterocycles. The normalized spacial score (nSPS) is 17.5. The van der Waals surface area contributed by atoms with Crippen LogP contribution in [-0.2, 0) is 4.79 Å². The van der Waals surface area contributed by atoms with E-state index in [0.717, 1.165) is 17.0 Å². The molecule has 2 N–H and O–H groups in total. The van der Waals surface area contributed by atoms with Crippen molar-refractivity contribution in [2.24, 2.45) is 5.41 Å². The van der Waals surface area contributed by atoms with E-state index < -0.39 is 42.0 Å². The third-order valence-electron chi connectivity index (χ3n) is 6.57. The molecule has 1 aliphatic rings. The van der Waals surface area contributed by atoms with Crippen LogP contribution in [0.1, 0.15) is 68.4 Å². The van der Waals surface area contributed by atoms with Crippen LogP contribution in [0.5, 0.6) is 11.5 Å². The fourth-order valence-electron chi connectivity index (χ4n) is 4.44. The molecule has 1 unspecified atom stereocenters. The lowest BCUT2D eigenvalue weighted by Gasteiger charge is -2.53. The predicted molar refractivity (Wildman–Crippen MR) is 127 cm³/mol. The number of ether oxygens (including phenoxy) is 2. The molecule has 3 rings (SSSR count). The second-order valence-electron chi connectivity index (χ2n) is 8.75. The molecule has 0 saturated carbocycles. The van der Waals surface area contributed by atoms with Gasteiger partial charge in [0.1, 0.15) is 16.9 Å². The van der Waals surface area contributed by atoms with Crippen LogP contribution in [0.25, 0.3) is 0 Å². The number of β-lactam (4-membered cyclic amide) rings is 1. The lowest BCUT2D eigenvalue weighted by molar-refractivity contribution is -0.274. The Balaban J connectivity index is 1.81. The lowest BCUT2D eigenvalue weighted by atomic mass is 9.72. The van der Waals surface area contributed by atoms with Crippen LogP contribution < -0.4 is 14.8 Å². The number of urea groups is 1.